The van der Waals surface area contributed by atoms with Crippen molar-refractivity contribution in [2.24, 2.45) is 0 Å². The smallest absolute Gasteiger partial charge is 0.416 e. The maximum absolute atomic E-state index is 11.6. The van der Waals surface area contributed by atoms with Crippen molar-refractivity contribution >= 4 is 22.6 Å². The summed E-state index contributed by atoms with van der Waals surface area (Å²) in [6.07, 6.45) is -0.309. The second kappa shape index (κ2) is 4.42. The van der Waals surface area contributed by atoms with E-state index >= 15 is 0 Å². The largest absolute Gasteiger partial charge is 0.447 e. The minimum Gasteiger partial charge on any atom is -0.447 e. The Bertz CT molecular complexity index is 567. The molecule has 18 heavy (non-hydrogen) atoms. The molecule has 1 aromatic carbocycles. The topological polar surface area (TPSA) is 42.4 Å². The Morgan fingerprint density at radius 1 is 1.39 bits per heavy atom. The lowest BCUT2D eigenvalue weighted by Gasteiger charge is -2.13. The van der Waals surface area contributed by atoms with E-state index in [9.17, 15) is 4.79 Å². The number of hydrogen-bond donors (Lipinski definition) is 0. The van der Waals surface area contributed by atoms with E-state index in [1.807, 2.05) is 42.6 Å². The molecule has 0 aliphatic carbocycles. The highest BCUT2D eigenvalue weighted by Gasteiger charge is 2.32. The number of anilines is 1. The van der Waals surface area contributed by atoms with Crippen LogP contribution in [0.15, 0.2) is 35.7 Å². The van der Waals surface area contributed by atoms with Crippen LogP contribution in [0, 0.1) is 0 Å². The third kappa shape index (κ3) is 1.86. The number of hydrogen-bond acceptors (Lipinski definition) is 4. The molecule has 1 atom stereocenters. The third-order valence-corrected chi connectivity index (χ3v) is 3.69. The zero-order valence-electron chi connectivity index (χ0n) is 9.87. The van der Waals surface area contributed by atoms with Gasteiger partial charge in [-0.15, -0.1) is 11.3 Å². The maximum Gasteiger partial charge on any atom is 0.416 e. The molecule has 1 aliphatic heterocycles. The lowest BCUT2D eigenvalue weighted by molar-refractivity contribution is 0.179. The zero-order valence-corrected chi connectivity index (χ0v) is 10.7. The SMILES string of the molecule is C[C@H]1COC(=O)N1c1nc(-c2ccccc2)cs1. The predicted molar refractivity (Wildman–Crippen MR) is 70.8 cm³/mol. The number of thiazole rings is 1. The van der Waals surface area contributed by atoms with Crippen LogP contribution in [0.3, 0.4) is 0 Å². The van der Waals surface area contributed by atoms with Crippen LogP contribution in [0.1, 0.15) is 6.92 Å². The normalized spacial score (nSPS) is 19.1. The number of carbonyl (C=O) groups is 1. The monoisotopic (exact) mass is 260 g/mol. The first-order valence-electron chi connectivity index (χ1n) is 5.72. The first-order chi connectivity index (χ1) is 8.75. The molecular formula is C13H12N2O2S. The highest BCUT2D eigenvalue weighted by atomic mass is 32.1. The summed E-state index contributed by atoms with van der Waals surface area (Å²) in [5, 5.41) is 2.66. The molecule has 0 spiro atoms. The molecule has 1 aromatic heterocycles. The van der Waals surface area contributed by atoms with E-state index in [-0.39, 0.29) is 12.1 Å². The van der Waals surface area contributed by atoms with Gasteiger partial charge in [0, 0.05) is 10.9 Å². The van der Waals surface area contributed by atoms with Gasteiger partial charge in [0.25, 0.3) is 0 Å². The van der Waals surface area contributed by atoms with Gasteiger partial charge < -0.3 is 4.74 Å². The summed E-state index contributed by atoms with van der Waals surface area (Å²) in [4.78, 5) is 17.7. The molecule has 3 rings (SSSR count). The van der Waals surface area contributed by atoms with Gasteiger partial charge in [0.1, 0.15) is 6.61 Å². The summed E-state index contributed by atoms with van der Waals surface area (Å²) in [6.45, 7) is 2.38. The first kappa shape index (κ1) is 11.2. The van der Waals surface area contributed by atoms with Crippen LogP contribution in [0.4, 0.5) is 9.93 Å². The van der Waals surface area contributed by atoms with Crippen LogP contribution in [0.2, 0.25) is 0 Å². The van der Waals surface area contributed by atoms with E-state index in [1.54, 1.807) is 4.90 Å². The molecule has 0 N–H and O–H groups in total. The number of carbonyl (C=O) groups excluding carboxylic acids is 1. The summed E-state index contributed by atoms with van der Waals surface area (Å²) in [5.74, 6) is 0. The molecule has 0 saturated carbocycles. The second-order valence-corrected chi connectivity index (χ2v) is 5.01. The Kier molecular flexibility index (Phi) is 2.76. The van der Waals surface area contributed by atoms with Gasteiger partial charge in [0.2, 0.25) is 0 Å². The molecule has 1 fully saturated rings. The molecule has 5 heteroatoms. The Hall–Kier alpha value is -1.88. The fourth-order valence-corrected chi connectivity index (χ4v) is 2.82. The van der Waals surface area contributed by atoms with Gasteiger partial charge in [-0.3, -0.25) is 0 Å². The lowest BCUT2D eigenvalue weighted by Crippen LogP contribution is -2.30. The fourth-order valence-electron chi connectivity index (χ4n) is 1.90. The lowest BCUT2D eigenvalue weighted by atomic mass is 10.2. The highest BCUT2D eigenvalue weighted by molar-refractivity contribution is 7.14. The van der Waals surface area contributed by atoms with Gasteiger partial charge in [-0.05, 0) is 6.92 Å². The molecule has 1 amide bonds. The van der Waals surface area contributed by atoms with Crippen LogP contribution in [-0.2, 0) is 4.74 Å². The van der Waals surface area contributed by atoms with E-state index in [1.165, 1.54) is 11.3 Å². The van der Waals surface area contributed by atoms with Crippen LogP contribution in [0.25, 0.3) is 11.3 Å². The van der Waals surface area contributed by atoms with Crippen molar-refractivity contribution in [3.05, 3.63) is 35.7 Å². The Balaban J connectivity index is 1.92. The summed E-state index contributed by atoms with van der Waals surface area (Å²) in [7, 11) is 0. The number of benzene rings is 1. The molecule has 2 aromatic rings. The number of rotatable bonds is 2. The summed E-state index contributed by atoms with van der Waals surface area (Å²) in [5.41, 5.74) is 1.95. The molecule has 1 aliphatic rings. The Labute approximate surface area is 109 Å². The van der Waals surface area contributed by atoms with Crippen LogP contribution in [0.5, 0.6) is 0 Å². The third-order valence-electron chi connectivity index (χ3n) is 2.85. The zero-order chi connectivity index (χ0) is 12.5. The molecule has 0 unspecified atom stereocenters. The highest BCUT2D eigenvalue weighted by Crippen LogP contribution is 2.30. The molecule has 2 heterocycles. The van der Waals surface area contributed by atoms with Gasteiger partial charge in [-0.25, -0.2) is 14.7 Å². The molecule has 0 bridgehead atoms. The van der Waals surface area contributed by atoms with Crippen molar-refractivity contribution in [1.82, 2.24) is 4.98 Å². The first-order valence-corrected chi connectivity index (χ1v) is 6.60. The van der Waals surface area contributed by atoms with E-state index in [0.717, 1.165) is 11.3 Å². The predicted octanol–water partition coefficient (Wildman–Crippen LogP) is 3.16. The van der Waals surface area contributed by atoms with Gasteiger partial charge in [-0.1, -0.05) is 30.3 Å². The van der Waals surface area contributed by atoms with E-state index in [2.05, 4.69) is 4.98 Å². The van der Waals surface area contributed by atoms with Crippen molar-refractivity contribution in [2.45, 2.75) is 13.0 Å². The number of aromatic nitrogens is 1. The van der Waals surface area contributed by atoms with E-state index in [4.69, 9.17) is 4.74 Å². The molecule has 1 saturated heterocycles. The second-order valence-electron chi connectivity index (χ2n) is 4.18. The average molecular weight is 260 g/mol. The van der Waals surface area contributed by atoms with Gasteiger partial charge in [0.15, 0.2) is 5.13 Å². The fraction of sp³-hybridized carbons (Fsp3) is 0.231. The van der Waals surface area contributed by atoms with Crippen molar-refractivity contribution in [2.75, 3.05) is 11.5 Å². The maximum atomic E-state index is 11.6. The number of amides is 1. The number of ether oxygens (including phenoxy) is 1. The van der Waals surface area contributed by atoms with Crippen LogP contribution in [-0.4, -0.2) is 23.7 Å². The quantitative estimate of drug-likeness (QED) is 0.833. The van der Waals surface area contributed by atoms with Crippen molar-refractivity contribution in [3.63, 3.8) is 0 Å². The van der Waals surface area contributed by atoms with Gasteiger partial charge in [-0.2, -0.15) is 0 Å². The minimum atomic E-state index is -0.309. The van der Waals surface area contributed by atoms with Crippen LogP contribution >= 0.6 is 11.3 Å². The van der Waals surface area contributed by atoms with Crippen LogP contribution < -0.4 is 4.90 Å². The molecule has 0 radical (unpaired) electrons. The van der Waals surface area contributed by atoms with Gasteiger partial charge in [0.05, 0.1) is 11.7 Å². The Morgan fingerprint density at radius 3 is 2.83 bits per heavy atom. The van der Waals surface area contributed by atoms with E-state index < -0.39 is 0 Å². The Morgan fingerprint density at radius 2 is 2.17 bits per heavy atom. The summed E-state index contributed by atoms with van der Waals surface area (Å²) >= 11 is 1.46. The number of cyclic esters (lactones) is 1. The van der Waals surface area contributed by atoms with Crippen molar-refractivity contribution in [3.8, 4) is 11.3 Å². The van der Waals surface area contributed by atoms with Crippen molar-refractivity contribution in [1.29, 1.82) is 0 Å². The molecular weight excluding hydrogens is 248 g/mol. The van der Waals surface area contributed by atoms with Crippen molar-refractivity contribution < 1.29 is 9.53 Å². The average Bonchev–Trinajstić information content (AvgIpc) is 2.98. The minimum absolute atomic E-state index is 0.0484. The summed E-state index contributed by atoms with van der Waals surface area (Å²) < 4.78 is 5.00. The molecule has 92 valence electrons. The van der Waals surface area contributed by atoms with E-state index in [0.29, 0.717) is 11.7 Å². The summed E-state index contributed by atoms with van der Waals surface area (Å²) in [6, 6.07) is 9.97. The standard InChI is InChI=1S/C13H12N2O2S/c1-9-7-17-13(16)15(9)12-14-11(8-18-12)10-5-3-2-4-6-10/h2-6,8-9H,7H2,1H3/t9-/m0/s1. The molecule has 4 nitrogen and oxygen atoms in total. The van der Waals surface area contributed by atoms with Gasteiger partial charge >= 0.3 is 6.09 Å². The number of nitrogens with zero attached hydrogens (tertiary/aromatic N) is 2.